The Morgan fingerprint density at radius 2 is 0.674 bits per heavy atom. The van der Waals surface area contributed by atoms with Crippen molar-refractivity contribution in [1.29, 1.82) is 0 Å². The second-order valence-electron chi connectivity index (χ2n) is 26.6. The summed E-state index contributed by atoms with van der Waals surface area (Å²) in [6, 6.07) is 80.8. The molecule has 0 saturated carbocycles. The molecule has 0 aliphatic heterocycles. The van der Waals surface area contributed by atoms with E-state index in [2.05, 4.69) is 220 Å². The van der Waals surface area contributed by atoms with Crippen molar-refractivity contribution in [3.63, 3.8) is 0 Å². The van der Waals surface area contributed by atoms with Crippen LogP contribution < -0.4 is 0 Å². The molecule has 2 aromatic heterocycles. The molecule has 10 rings (SSSR count). The van der Waals surface area contributed by atoms with Crippen LogP contribution >= 0.6 is 0 Å². The van der Waals surface area contributed by atoms with E-state index in [-0.39, 0.29) is 38.1 Å². The van der Waals surface area contributed by atoms with Crippen LogP contribution in [0.15, 0.2) is 219 Å². The maximum Gasteiger partial charge on any atom is 0.145 e. The fraction of sp³-hybridized carbons (Fsp3) is 0.310. The minimum absolute atomic E-state index is 0. The SMILES string of the molecule is CC(C)(C)C(=O)CC(=O)C(C)(C)C.CCCCCCCCc1ccc(-c2ccc(-c3ccc(-c4ccnc(-c5[c-]cccc5)c4)c(C)c3)cc2)cc1.CCCCCCCCc1ccc(-c2ccc(-c3ccc(-c4ccnc(-c5[c-]cccc5)c4)c(C)c3)cc2)cc1.[Ir]. The molecule has 2 heterocycles. The van der Waals surface area contributed by atoms with Crippen LogP contribution in [0.1, 0.15) is 161 Å². The summed E-state index contributed by atoms with van der Waals surface area (Å²) in [7, 11) is 0. The van der Waals surface area contributed by atoms with Crippen LogP contribution in [0.4, 0.5) is 0 Å². The Hall–Kier alpha value is -7.95. The van der Waals surface area contributed by atoms with Crippen LogP contribution in [0.5, 0.6) is 0 Å². The summed E-state index contributed by atoms with van der Waals surface area (Å²) >= 11 is 0. The number of unbranched alkanes of at least 4 members (excludes halogenated alkanes) is 10. The number of carbonyl (C=O) groups excluding carboxylic acids is 2. The quantitative estimate of drug-likeness (QED) is 0.0344. The molecular formula is C87H96IrN2O2-2. The molecule has 4 nitrogen and oxygen atoms in total. The number of hydrogen-bond acceptors (Lipinski definition) is 4. The third-order valence-electron chi connectivity index (χ3n) is 17.2. The number of rotatable bonds is 24. The Bertz CT molecular complexity index is 3600. The summed E-state index contributed by atoms with van der Waals surface area (Å²) in [5, 5.41) is 0. The van der Waals surface area contributed by atoms with Crippen molar-refractivity contribution in [2.75, 3.05) is 0 Å². The van der Waals surface area contributed by atoms with E-state index in [9.17, 15) is 9.59 Å². The number of carbonyl (C=O) groups is 2. The van der Waals surface area contributed by atoms with Gasteiger partial charge in [0.25, 0.3) is 0 Å². The zero-order valence-electron chi connectivity index (χ0n) is 56.4. The van der Waals surface area contributed by atoms with Crippen molar-refractivity contribution < 1.29 is 29.7 Å². The monoisotopic (exact) mass is 1390 g/mol. The minimum Gasteiger partial charge on any atom is -0.305 e. The smallest absolute Gasteiger partial charge is 0.145 e. The predicted octanol–water partition coefficient (Wildman–Crippen LogP) is 24.1. The molecule has 10 aromatic rings. The third-order valence-corrected chi connectivity index (χ3v) is 17.2. The van der Waals surface area contributed by atoms with Gasteiger partial charge in [0.2, 0.25) is 0 Å². The van der Waals surface area contributed by atoms with Crippen LogP contribution in [0.25, 0.3) is 89.3 Å². The second kappa shape index (κ2) is 35.8. The molecule has 0 N–H and O–H groups in total. The number of Topliss-reactive ketones (excluding diaryl/α,β-unsaturated/α-hetero) is 2. The van der Waals surface area contributed by atoms with E-state index in [1.54, 1.807) is 0 Å². The van der Waals surface area contributed by atoms with E-state index in [4.69, 9.17) is 0 Å². The summed E-state index contributed by atoms with van der Waals surface area (Å²) in [6.45, 7) is 20.0. The summed E-state index contributed by atoms with van der Waals surface area (Å²) in [6.07, 6.45) is 22.4. The minimum atomic E-state index is -0.402. The first-order valence-corrected chi connectivity index (χ1v) is 33.5. The van der Waals surface area contributed by atoms with E-state index in [1.807, 2.05) is 90.3 Å². The van der Waals surface area contributed by atoms with Gasteiger partial charge in [0, 0.05) is 43.3 Å². The molecule has 0 atom stereocenters. The Labute approximate surface area is 566 Å². The van der Waals surface area contributed by atoms with Gasteiger partial charge in [-0.05, 0) is 152 Å². The number of ketones is 2. The molecule has 0 unspecified atom stereocenters. The summed E-state index contributed by atoms with van der Waals surface area (Å²) < 4.78 is 0. The number of pyridine rings is 2. The largest absolute Gasteiger partial charge is 0.305 e. The van der Waals surface area contributed by atoms with Gasteiger partial charge in [-0.1, -0.05) is 265 Å². The zero-order chi connectivity index (χ0) is 64.6. The summed E-state index contributed by atoms with van der Waals surface area (Å²) in [4.78, 5) is 32.1. The Balaban J connectivity index is 0.000000217. The normalized spacial score (nSPS) is 11.2. The van der Waals surface area contributed by atoms with Gasteiger partial charge in [0.1, 0.15) is 11.6 Å². The topological polar surface area (TPSA) is 59.9 Å². The fourth-order valence-electron chi connectivity index (χ4n) is 11.3. The van der Waals surface area contributed by atoms with Gasteiger partial charge in [0.15, 0.2) is 0 Å². The summed E-state index contributed by atoms with van der Waals surface area (Å²) in [5.74, 6) is 0.0415. The van der Waals surface area contributed by atoms with E-state index in [1.165, 1.54) is 179 Å². The molecule has 5 heteroatoms. The van der Waals surface area contributed by atoms with Gasteiger partial charge in [-0.15, -0.1) is 71.8 Å². The van der Waals surface area contributed by atoms with E-state index in [0.717, 1.165) is 22.5 Å². The molecule has 0 saturated heterocycles. The van der Waals surface area contributed by atoms with Crippen molar-refractivity contribution in [1.82, 2.24) is 9.97 Å². The van der Waals surface area contributed by atoms with Crippen molar-refractivity contribution in [3.05, 3.63) is 253 Å². The Morgan fingerprint density at radius 3 is 0.989 bits per heavy atom. The van der Waals surface area contributed by atoms with E-state index in [0.29, 0.717) is 0 Å². The van der Waals surface area contributed by atoms with Crippen LogP contribution in [0.3, 0.4) is 0 Å². The van der Waals surface area contributed by atoms with Crippen LogP contribution in [-0.2, 0) is 42.5 Å². The fourth-order valence-corrected chi connectivity index (χ4v) is 11.3. The predicted molar refractivity (Wildman–Crippen MR) is 387 cm³/mol. The molecule has 0 spiro atoms. The number of aromatic nitrogens is 2. The molecule has 0 bridgehead atoms. The average Bonchev–Trinajstić information content (AvgIpc) is 1.04. The zero-order valence-corrected chi connectivity index (χ0v) is 58.8. The van der Waals surface area contributed by atoms with Gasteiger partial charge in [-0.25, -0.2) is 0 Å². The maximum absolute atomic E-state index is 11.5. The van der Waals surface area contributed by atoms with Crippen molar-refractivity contribution in [2.24, 2.45) is 10.8 Å². The second-order valence-corrected chi connectivity index (χ2v) is 26.6. The third kappa shape index (κ3) is 21.6. The van der Waals surface area contributed by atoms with Crippen molar-refractivity contribution >= 4 is 11.6 Å². The van der Waals surface area contributed by atoms with Crippen LogP contribution in [0.2, 0.25) is 0 Å². The van der Waals surface area contributed by atoms with Gasteiger partial charge >= 0.3 is 0 Å². The van der Waals surface area contributed by atoms with Gasteiger partial charge in [0.05, 0.1) is 6.42 Å². The molecule has 0 aliphatic carbocycles. The molecule has 477 valence electrons. The molecule has 0 fully saturated rings. The number of aryl methyl sites for hydroxylation is 4. The average molecular weight is 1390 g/mol. The standard InChI is InChI=1S/2C38H38N.C11H20O2.Ir/c2*1-3-4-5-6-7-9-12-30-15-17-31(18-16-30)32-19-21-33(22-20-32)35-23-24-37(29(2)27-35)36-25-26-39-38(28-36)34-13-10-8-11-14-34;1-10(2,3)8(12)7-9(13)11(4,5)6;/h2*8,10-11,13,15-28H,3-7,9,12H2,1-2H3;7H2,1-6H3;/q2*-1;;. The molecular weight excluding hydrogens is 1300 g/mol. The van der Waals surface area contributed by atoms with E-state index < -0.39 is 10.8 Å². The first-order chi connectivity index (χ1) is 44.0. The molecule has 8 aromatic carbocycles. The molecule has 92 heavy (non-hydrogen) atoms. The Morgan fingerprint density at radius 1 is 0.359 bits per heavy atom. The van der Waals surface area contributed by atoms with Gasteiger partial charge in [-0.2, -0.15) is 0 Å². The molecule has 1 radical (unpaired) electrons. The number of hydrogen-bond donors (Lipinski definition) is 0. The number of benzene rings is 8. The van der Waals surface area contributed by atoms with Crippen molar-refractivity contribution in [2.45, 2.75) is 166 Å². The van der Waals surface area contributed by atoms with Gasteiger partial charge in [-0.3, -0.25) is 9.59 Å². The Kier molecular flexibility index (Phi) is 27.8. The summed E-state index contributed by atoms with van der Waals surface area (Å²) in [5.41, 5.74) is 23.4. The van der Waals surface area contributed by atoms with Gasteiger partial charge < -0.3 is 9.97 Å². The van der Waals surface area contributed by atoms with Crippen molar-refractivity contribution in [3.8, 4) is 89.3 Å². The molecule has 0 amide bonds. The first-order valence-electron chi connectivity index (χ1n) is 33.5. The number of nitrogens with zero attached hydrogens (tertiary/aromatic N) is 2. The van der Waals surface area contributed by atoms with Crippen LogP contribution in [-0.4, -0.2) is 21.5 Å². The van der Waals surface area contributed by atoms with E-state index >= 15 is 0 Å². The first kappa shape index (κ1) is 71.5. The van der Waals surface area contributed by atoms with Crippen LogP contribution in [0, 0.1) is 36.8 Å². The maximum atomic E-state index is 11.5. The molecule has 0 aliphatic rings.